The second-order valence-corrected chi connectivity index (χ2v) is 12.4. The summed E-state index contributed by atoms with van der Waals surface area (Å²) in [4.78, 5) is 13.3. The molecule has 0 bridgehead atoms. The minimum Gasteiger partial charge on any atom is -0.359 e. The third-order valence-electron chi connectivity index (χ3n) is 7.97. The molecule has 0 radical (unpaired) electrons. The molecule has 2 amide bonds. The van der Waals surface area contributed by atoms with E-state index in [4.69, 9.17) is 10.1 Å². The van der Waals surface area contributed by atoms with Crippen LogP contribution in [-0.2, 0) is 27.3 Å². The lowest BCUT2D eigenvalue weighted by Crippen LogP contribution is -2.90. The predicted molar refractivity (Wildman–Crippen MR) is 150 cm³/mol. The summed E-state index contributed by atoms with van der Waals surface area (Å²) in [7, 11) is -3.38. The first-order valence-corrected chi connectivity index (χ1v) is 14.8. The molecule has 1 aromatic carbocycles. The van der Waals surface area contributed by atoms with Gasteiger partial charge in [0.1, 0.15) is 22.9 Å². The van der Waals surface area contributed by atoms with E-state index in [2.05, 4.69) is 27.1 Å². The highest BCUT2D eigenvalue weighted by Crippen LogP contribution is 2.41. The van der Waals surface area contributed by atoms with Crippen LogP contribution < -0.4 is 15.4 Å². The number of hydrogen-bond donors (Lipinski definition) is 4. The number of nitrogens with two attached hydrogens (primary N) is 1. The van der Waals surface area contributed by atoms with Gasteiger partial charge in [0.05, 0.1) is 27.5 Å². The maximum Gasteiger partial charge on any atom is 0.330 e. The van der Waals surface area contributed by atoms with Gasteiger partial charge in [0.15, 0.2) is 0 Å². The molecule has 198 valence electrons. The maximum atomic E-state index is 13.4. The van der Waals surface area contributed by atoms with Gasteiger partial charge in [-0.2, -0.15) is 5.10 Å². The molecule has 38 heavy (non-hydrogen) atoms. The minimum absolute atomic E-state index is 0.212. The van der Waals surface area contributed by atoms with Gasteiger partial charge in [-0.3, -0.25) is 10.1 Å². The Bertz CT molecular complexity index is 1600. The van der Waals surface area contributed by atoms with Gasteiger partial charge >= 0.3 is 6.03 Å². The van der Waals surface area contributed by atoms with Gasteiger partial charge in [-0.25, -0.2) is 13.5 Å². The van der Waals surface area contributed by atoms with E-state index in [1.807, 2.05) is 36.6 Å². The number of carbonyl (C=O) groups is 1. The van der Waals surface area contributed by atoms with E-state index < -0.39 is 15.7 Å². The van der Waals surface area contributed by atoms with Gasteiger partial charge < -0.3 is 15.4 Å². The minimum atomic E-state index is -3.38. The number of fused-ring (bicyclic) bond motifs is 2. The van der Waals surface area contributed by atoms with Gasteiger partial charge in [-0.15, -0.1) is 0 Å². The number of anilines is 1. The van der Waals surface area contributed by atoms with Crippen molar-refractivity contribution >= 4 is 37.9 Å². The molecular formula is C28H33N6O3S+. The van der Waals surface area contributed by atoms with Crippen molar-refractivity contribution in [2.75, 3.05) is 18.5 Å². The number of aromatic nitrogens is 2. The van der Waals surface area contributed by atoms with Crippen molar-refractivity contribution in [3.8, 4) is 11.1 Å². The third kappa shape index (κ3) is 4.32. The number of nitrogens with zero attached hydrogens (tertiary/aromatic N) is 2. The van der Waals surface area contributed by atoms with Gasteiger partial charge in [-0.05, 0) is 91.8 Å². The van der Waals surface area contributed by atoms with Crippen molar-refractivity contribution in [1.82, 2.24) is 14.3 Å². The number of aryl methyl sites for hydroxylation is 2. The Morgan fingerprint density at radius 1 is 1.29 bits per heavy atom. The number of urea groups is 1. The van der Waals surface area contributed by atoms with Crippen LogP contribution in [0.5, 0.6) is 0 Å². The molecule has 1 saturated heterocycles. The van der Waals surface area contributed by atoms with E-state index >= 15 is 0 Å². The summed E-state index contributed by atoms with van der Waals surface area (Å²) in [6, 6.07) is 7.53. The summed E-state index contributed by atoms with van der Waals surface area (Å²) in [5.41, 5.74) is 7.43. The van der Waals surface area contributed by atoms with Crippen LogP contribution in [-0.4, -0.2) is 49.5 Å². The Hall–Kier alpha value is -3.47. The molecular weight excluding hydrogens is 500 g/mol. The maximum absolute atomic E-state index is 13.4. The monoisotopic (exact) mass is 533 g/mol. The van der Waals surface area contributed by atoms with Gasteiger partial charge in [0.25, 0.3) is 0 Å². The summed E-state index contributed by atoms with van der Waals surface area (Å²) < 4.78 is 23.7. The lowest BCUT2D eigenvalue weighted by atomic mass is 9.76. The number of quaternary nitrogens is 1. The van der Waals surface area contributed by atoms with E-state index in [0.29, 0.717) is 6.61 Å². The van der Waals surface area contributed by atoms with Crippen molar-refractivity contribution in [3.05, 3.63) is 65.1 Å². The number of amides is 2. The zero-order valence-electron chi connectivity index (χ0n) is 21.5. The van der Waals surface area contributed by atoms with Crippen LogP contribution in [0.4, 0.5) is 10.5 Å². The first-order valence-electron chi connectivity index (χ1n) is 13.1. The molecule has 1 spiro atoms. The molecule has 2 aromatic heterocycles. The number of morpholine rings is 1. The second kappa shape index (κ2) is 9.37. The van der Waals surface area contributed by atoms with E-state index in [1.54, 1.807) is 16.8 Å². The molecule has 3 heterocycles. The van der Waals surface area contributed by atoms with Crippen molar-refractivity contribution in [2.24, 2.45) is 0 Å². The second-order valence-electron chi connectivity index (χ2n) is 10.4. The Labute approximate surface area is 222 Å². The Morgan fingerprint density at radius 3 is 2.92 bits per heavy atom. The van der Waals surface area contributed by atoms with Crippen LogP contribution in [0.2, 0.25) is 0 Å². The number of carbonyl (C=O) groups excluding carboxylic acids is 1. The highest BCUT2D eigenvalue weighted by Gasteiger charge is 2.47. The number of benzene rings is 1. The highest BCUT2D eigenvalue weighted by molar-refractivity contribution is 8.13. The largest absolute Gasteiger partial charge is 0.359 e. The molecule has 5 N–H and O–H groups in total. The number of hydrogen-bond acceptors (Lipinski definition) is 5. The molecule has 2 fully saturated rings. The average Bonchev–Trinajstić information content (AvgIpc) is 3.52. The average molecular weight is 534 g/mol. The molecule has 1 aliphatic heterocycles. The van der Waals surface area contributed by atoms with Gasteiger partial charge in [-0.1, -0.05) is 6.07 Å². The Balaban J connectivity index is 1.29. The molecule has 3 aliphatic rings. The van der Waals surface area contributed by atoms with Crippen molar-refractivity contribution in [1.29, 1.82) is 5.41 Å². The van der Waals surface area contributed by atoms with E-state index in [9.17, 15) is 9.00 Å². The number of rotatable bonds is 3. The van der Waals surface area contributed by atoms with E-state index in [-0.39, 0.29) is 10.6 Å². The van der Waals surface area contributed by atoms with Crippen LogP contribution >= 0.6 is 0 Å². The summed E-state index contributed by atoms with van der Waals surface area (Å²) in [5.74, 6) is 3.73. The Morgan fingerprint density at radius 2 is 2.13 bits per heavy atom. The van der Waals surface area contributed by atoms with Crippen LogP contribution in [0.3, 0.4) is 0 Å². The quantitative estimate of drug-likeness (QED) is 0.235. The van der Waals surface area contributed by atoms with Gasteiger partial charge in [0, 0.05) is 24.0 Å². The third-order valence-corrected chi connectivity index (χ3v) is 9.31. The number of nitrogens with one attached hydrogen (secondary N) is 3. The van der Waals surface area contributed by atoms with Crippen molar-refractivity contribution in [2.45, 2.75) is 51.0 Å². The van der Waals surface area contributed by atoms with Crippen LogP contribution in [0.1, 0.15) is 42.4 Å². The van der Waals surface area contributed by atoms with E-state index in [1.165, 1.54) is 5.56 Å². The topological polar surface area (TPSA) is 125 Å². The molecule has 2 aliphatic carbocycles. The molecule has 1 atom stereocenters. The fourth-order valence-electron chi connectivity index (χ4n) is 5.92. The molecule has 6 rings (SSSR count). The fourth-order valence-corrected chi connectivity index (χ4v) is 6.70. The smallest absolute Gasteiger partial charge is 0.330 e. The first kappa shape index (κ1) is 24.8. The molecule has 1 unspecified atom stereocenters. The lowest BCUT2D eigenvalue weighted by molar-refractivity contribution is -0.639. The van der Waals surface area contributed by atoms with Crippen LogP contribution in [0, 0.1) is 12.3 Å². The summed E-state index contributed by atoms with van der Waals surface area (Å²) in [6.45, 7) is 3.45. The molecule has 1 saturated carbocycles. The number of ether oxygens (including phenoxy) is 1. The SMILES string of the molecule is C=S(=O)(NC(=O)Nc1c2c(cc(C)c1-c1ccn3nccc3c1)CCC2)C(=N)/C=C1\[NH2+]CCOC12CCC2. The summed E-state index contributed by atoms with van der Waals surface area (Å²) in [5, 5.41) is 17.7. The van der Waals surface area contributed by atoms with Crippen LogP contribution in [0.15, 0.2) is 48.4 Å². The highest BCUT2D eigenvalue weighted by atomic mass is 32.2. The zero-order valence-corrected chi connectivity index (χ0v) is 22.3. The van der Waals surface area contributed by atoms with E-state index in [0.717, 1.165) is 84.2 Å². The molecule has 10 heteroatoms. The molecule has 3 aromatic rings. The zero-order chi connectivity index (χ0) is 26.5. The standard InChI is InChI=1S/C28H32N6O3S/c1-18-15-19-5-3-6-22(19)26(25(18)20-8-13-34-21(16-20)7-11-31-34)32-27(35)33-38(2,36)24(29)17-23-28(9-4-10-28)37-14-12-30-23/h7-8,11,13,15-17,29-30H,2-6,9-10,12,14H2,1H3,(H2,32,33,35,36)/p+1/b23-17-,29-24?. The Kier molecular flexibility index (Phi) is 6.13. The lowest BCUT2D eigenvalue weighted by Gasteiger charge is -2.43. The van der Waals surface area contributed by atoms with Crippen molar-refractivity contribution < 1.29 is 19.1 Å². The summed E-state index contributed by atoms with van der Waals surface area (Å²) in [6.07, 6.45) is 10.9. The number of pyridine rings is 1. The first-order chi connectivity index (χ1) is 18.3. The van der Waals surface area contributed by atoms with Crippen LogP contribution in [0.25, 0.3) is 16.6 Å². The normalized spacial score (nSPS) is 20.6. The summed E-state index contributed by atoms with van der Waals surface area (Å²) >= 11 is 0. The van der Waals surface area contributed by atoms with Gasteiger partial charge in [0.2, 0.25) is 0 Å². The molecule has 9 nitrogen and oxygen atoms in total. The fraction of sp³-hybridized carbons (Fsp3) is 0.357. The predicted octanol–water partition coefficient (Wildman–Crippen LogP) is 2.93. The van der Waals surface area contributed by atoms with Crippen molar-refractivity contribution in [3.63, 3.8) is 0 Å².